The Morgan fingerprint density at radius 1 is 1.40 bits per heavy atom. The molecule has 1 heterocycles. The molecule has 0 amide bonds. The third-order valence-electron chi connectivity index (χ3n) is 3.16. The molecule has 1 aromatic rings. The van der Waals surface area contributed by atoms with Crippen LogP contribution in [-0.2, 0) is 14.9 Å². The fourth-order valence-electron chi connectivity index (χ4n) is 2.14. The average molecular weight is 222 g/mol. The number of hydrogen-bond donors (Lipinski definition) is 0. The Hall–Kier alpha value is -0.820. The van der Waals surface area contributed by atoms with Gasteiger partial charge in [0.15, 0.2) is 5.79 Å². The first-order valence-corrected chi connectivity index (χ1v) is 5.70. The Morgan fingerprint density at radius 3 is 2.47 bits per heavy atom. The molecule has 15 heavy (non-hydrogen) atoms. The number of terminal acetylenes is 1. The van der Waals surface area contributed by atoms with E-state index >= 15 is 0 Å². The Bertz CT molecular complexity index is 363. The first-order chi connectivity index (χ1) is 7.20. The first kappa shape index (κ1) is 10.7. The molecule has 0 aliphatic heterocycles. The van der Waals surface area contributed by atoms with E-state index in [0.29, 0.717) is 0 Å². The summed E-state index contributed by atoms with van der Waals surface area (Å²) in [5, 5.41) is 2.05. The molecule has 2 rings (SSSR count). The molecule has 0 aromatic carbocycles. The maximum atomic E-state index is 5.64. The van der Waals surface area contributed by atoms with Crippen LogP contribution in [0, 0.1) is 12.3 Å². The summed E-state index contributed by atoms with van der Waals surface area (Å²) in [6.45, 7) is 0. The van der Waals surface area contributed by atoms with Gasteiger partial charge in [0.2, 0.25) is 0 Å². The first-order valence-electron chi connectivity index (χ1n) is 4.82. The lowest BCUT2D eigenvalue weighted by atomic mass is 9.64. The van der Waals surface area contributed by atoms with Crippen LogP contribution in [0.25, 0.3) is 0 Å². The summed E-state index contributed by atoms with van der Waals surface area (Å²) in [5.41, 5.74) is -0.180. The van der Waals surface area contributed by atoms with Gasteiger partial charge in [-0.15, -0.1) is 17.8 Å². The highest BCUT2D eigenvalue weighted by Crippen LogP contribution is 2.53. The molecular formula is C12H14O2S. The van der Waals surface area contributed by atoms with E-state index in [2.05, 4.69) is 12.0 Å². The minimum absolute atomic E-state index is 0.180. The standard InChI is InChI=1S/C12H14O2S/c1-4-11(10-6-5-7-15-10)8-12(9-11,13-2)14-3/h1,5-7H,8-9H2,2-3H3. The van der Waals surface area contributed by atoms with Crippen LogP contribution in [0.1, 0.15) is 17.7 Å². The van der Waals surface area contributed by atoms with Crippen molar-refractivity contribution < 1.29 is 9.47 Å². The molecule has 0 spiro atoms. The normalized spacial score (nSPS) is 21.7. The Kier molecular flexibility index (Phi) is 2.59. The molecule has 1 fully saturated rings. The molecule has 0 radical (unpaired) electrons. The van der Waals surface area contributed by atoms with Gasteiger partial charge in [-0.2, -0.15) is 0 Å². The smallest absolute Gasteiger partial charge is 0.171 e. The van der Waals surface area contributed by atoms with Gasteiger partial charge < -0.3 is 9.47 Å². The van der Waals surface area contributed by atoms with E-state index in [0.717, 1.165) is 12.8 Å². The minimum atomic E-state index is -0.476. The van der Waals surface area contributed by atoms with Crippen LogP contribution in [0.5, 0.6) is 0 Å². The van der Waals surface area contributed by atoms with Crippen molar-refractivity contribution >= 4 is 11.3 Å². The summed E-state index contributed by atoms with van der Waals surface area (Å²) >= 11 is 1.70. The van der Waals surface area contributed by atoms with Crippen LogP contribution >= 0.6 is 11.3 Å². The van der Waals surface area contributed by atoms with E-state index < -0.39 is 5.79 Å². The third kappa shape index (κ3) is 1.50. The maximum absolute atomic E-state index is 5.64. The largest absolute Gasteiger partial charge is 0.353 e. The predicted octanol–water partition coefficient (Wildman–Crippen LogP) is 2.40. The van der Waals surface area contributed by atoms with Gasteiger partial charge in [0.25, 0.3) is 0 Å². The van der Waals surface area contributed by atoms with Crippen molar-refractivity contribution in [1.29, 1.82) is 0 Å². The van der Waals surface area contributed by atoms with Crippen LogP contribution < -0.4 is 0 Å². The van der Waals surface area contributed by atoms with Gasteiger partial charge >= 0.3 is 0 Å². The van der Waals surface area contributed by atoms with E-state index in [9.17, 15) is 0 Å². The molecular weight excluding hydrogens is 208 g/mol. The van der Waals surface area contributed by atoms with Crippen LogP contribution in [0.2, 0.25) is 0 Å². The number of ether oxygens (including phenoxy) is 2. The molecule has 1 aliphatic carbocycles. The molecule has 80 valence electrons. The van der Waals surface area contributed by atoms with Crippen LogP contribution in [0.3, 0.4) is 0 Å². The predicted molar refractivity (Wildman–Crippen MR) is 60.8 cm³/mol. The molecule has 0 saturated heterocycles. The quantitative estimate of drug-likeness (QED) is 0.577. The van der Waals surface area contributed by atoms with Gasteiger partial charge in [-0.25, -0.2) is 0 Å². The van der Waals surface area contributed by atoms with Crippen molar-refractivity contribution in [1.82, 2.24) is 0 Å². The third-order valence-corrected chi connectivity index (χ3v) is 4.23. The highest BCUT2D eigenvalue weighted by atomic mass is 32.1. The lowest BCUT2D eigenvalue weighted by molar-refractivity contribution is -0.268. The zero-order valence-electron chi connectivity index (χ0n) is 8.95. The summed E-state index contributed by atoms with van der Waals surface area (Å²) in [4.78, 5) is 1.23. The summed E-state index contributed by atoms with van der Waals surface area (Å²) in [7, 11) is 3.33. The highest BCUT2D eigenvalue weighted by Gasteiger charge is 2.56. The number of methoxy groups -OCH3 is 2. The lowest BCUT2D eigenvalue weighted by Crippen LogP contribution is -2.56. The Labute approximate surface area is 94.2 Å². The van der Waals surface area contributed by atoms with Crippen molar-refractivity contribution in [3.63, 3.8) is 0 Å². The van der Waals surface area contributed by atoms with Gasteiger partial charge in [-0.1, -0.05) is 12.0 Å². The van der Waals surface area contributed by atoms with Crippen molar-refractivity contribution in [2.45, 2.75) is 24.0 Å². The fraction of sp³-hybridized carbons (Fsp3) is 0.500. The van der Waals surface area contributed by atoms with Crippen LogP contribution in [0.4, 0.5) is 0 Å². The van der Waals surface area contributed by atoms with Crippen molar-refractivity contribution in [2.75, 3.05) is 14.2 Å². The van der Waals surface area contributed by atoms with Gasteiger partial charge in [0, 0.05) is 31.9 Å². The second-order valence-electron chi connectivity index (χ2n) is 3.88. The molecule has 0 atom stereocenters. The SMILES string of the molecule is C#CC1(c2cccs2)CC(OC)(OC)C1. The average Bonchev–Trinajstić information content (AvgIpc) is 2.73. The van der Waals surface area contributed by atoms with Gasteiger partial charge in [0.1, 0.15) is 0 Å². The van der Waals surface area contributed by atoms with Crippen molar-refractivity contribution in [3.8, 4) is 12.3 Å². The summed E-state index contributed by atoms with van der Waals surface area (Å²) in [5.74, 6) is 2.42. The molecule has 0 unspecified atom stereocenters. The molecule has 1 aliphatic rings. The van der Waals surface area contributed by atoms with E-state index in [1.165, 1.54) is 4.88 Å². The summed E-state index contributed by atoms with van der Waals surface area (Å²) < 4.78 is 10.7. The van der Waals surface area contributed by atoms with Gasteiger partial charge in [-0.05, 0) is 11.4 Å². The number of thiophene rings is 1. The Balaban J connectivity index is 2.22. The van der Waals surface area contributed by atoms with Gasteiger partial charge in [0.05, 0.1) is 5.41 Å². The number of rotatable bonds is 3. The summed E-state index contributed by atoms with van der Waals surface area (Å²) in [6, 6.07) is 4.11. The van der Waals surface area contributed by atoms with Crippen molar-refractivity contribution in [2.24, 2.45) is 0 Å². The fourth-order valence-corrected chi connectivity index (χ4v) is 3.03. The van der Waals surface area contributed by atoms with Gasteiger partial charge in [-0.3, -0.25) is 0 Å². The van der Waals surface area contributed by atoms with E-state index in [1.54, 1.807) is 25.6 Å². The van der Waals surface area contributed by atoms with E-state index in [4.69, 9.17) is 15.9 Å². The summed E-state index contributed by atoms with van der Waals surface area (Å²) in [6.07, 6.45) is 7.12. The maximum Gasteiger partial charge on any atom is 0.171 e. The second kappa shape index (κ2) is 3.64. The van der Waals surface area contributed by atoms with E-state index in [1.807, 2.05) is 11.4 Å². The molecule has 1 saturated carbocycles. The van der Waals surface area contributed by atoms with Crippen LogP contribution in [0.15, 0.2) is 17.5 Å². The second-order valence-corrected chi connectivity index (χ2v) is 4.82. The molecule has 0 bridgehead atoms. The zero-order valence-corrected chi connectivity index (χ0v) is 9.76. The molecule has 2 nitrogen and oxygen atoms in total. The topological polar surface area (TPSA) is 18.5 Å². The minimum Gasteiger partial charge on any atom is -0.353 e. The molecule has 0 N–H and O–H groups in total. The lowest BCUT2D eigenvalue weighted by Gasteiger charge is -2.50. The number of hydrogen-bond acceptors (Lipinski definition) is 3. The van der Waals surface area contributed by atoms with E-state index in [-0.39, 0.29) is 5.41 Å². The Morgan fingerprint density at radius 2 is 2.07 bits per heavy atom. The molecule has 1 aromatic heterocycles. The zero-order chi connectivity index (χ0) is 10.9. The monoisotopic (exact) mass is 222 g/mol. The molecule has 3 heteroatoms. The highest BCUT2D eigenvalue weighted by molar-refractivity contribution is 7.10. The van der Waals surface area contributed by atoms with Crippen molar-refractivity contribution in [3.05, 3.63) is 22.4 Å². The van der Waals surface area contributed by atoms with Crippen LogP contribution in [-0.4, -0.2) is 20.0 Å².